The molecule has 160 valence electrons. The van der Waals surface area contributed by atoms with Crippen LogP contribution in [0.4, 0.5) is 4.39 Å². The fraction of sp³-hybridized carbons (Fsp3) is 0.409. The molecule has 0 spiro atoms. The number of carbonyl (C=O) groups is 1. The van der Waals surface area contributed by atoms with E-state index in [-0.39, 0.29) is 17.3 Å². The lowest BCUT2D eigenvalue weighted by molar-refractivity contribution is -0.128. The molecule has 0 atom stereocenters. The highest BCUT2D eigenvalue weighted by Gasteiger charge is 2.28. The van der Waals surface area contributed by atoms with Crippen molar-refractivity contribution in [2.45, 2.75) is 35.5 Å². The molecule has 1 fully saturated rings. The van der Waals surface area contributed by atoms with Gasteiger partial charge >= 0.3 is 0 Å². The van der Waals surface area contributed by atoms with E-state index in [1.807, 2.05) is 0 Å². The van der Waals surface area contributed by atoms with Crippen molar-refractivity contribution in [3.63, 3.8) is 0 Å². The van der Waals surface area contributed by atoms with Crippen molar-refractivity contribution < 1.29 is 17.6 Å². The predicted molar refractivity (Wildman–Crippen MR) is 116 cm³/mol. The number of aryl methyl sites for hydroxylation is 2. The van der Waals surface area contributed by atoms with Crippen molar-refractivity contribution >= 4 is 27.7 Å². The molecule has 1 aliphatic carbocycles. The molecule has 2 aromatic rings. The summed E-state index contributed by atoms with van der Waals surface area (Å²) in [4.78, 5) is 15.7. The van der Waals surface area contributed by atoms with Gasteiger partial charge in [0.2, 0.25) is 15.9 Å². The molecule has 0 aromatic heterocycles. The van der Waals surface area contributed by atoms with Crippen molar-refractivity contribution in [1.29, 1.82) is 0 Å². The van der Waals surface area contributed by atoms with Gasteiger partial charge in [-0.3, -0.25) is 4.79 Å². The minimum atomic E-state index is -3.69. The second-order valence-corrected chi connectivity index (χ2v) is 10.7. The Labute approximate surface area is 181 Å². The Kier molecular flexibility index (Phi) is 6.46. The molecule has 0 radical (unpaired) electrons. The first kappa shape index (κ1) is 21.3. The van der Waals surface area contributed by atoms with E-state index in [2.05, 4.69) is 18.2 Å². The molecule has 2 aliphatic rings. The van der Waals surface area contributed by atoms with Gasteiger partial charge in [-0.15, -0.1) is 11.8 Å². The second-order valence-electron chi connectivity index (χ2n) is 7.67. The standard InChI is InChI=1S/C22H25FN2O3S2/c23-19-6-9-21(10-7-19)30(27,28)25-12-2-11-24(13-14-25)22(26)16-29-20-8-5-17-3-1-4-18(17)15-20/h5-10,15H,1-4,11-14,16H2. The zero-order valence-electron chi connectivity index (χ0n) is 16.7. The highest BCUT2D eigenvalue weighted by molar-refractivity contribution is 8.00. The molecule has 1 amide bonds. The van der Waals surface area contributed by atoms with E-state index < -0.39 is 15.8 Å². The summed E-state index contributed by atoms with van der Waals surface area (Å²) in [5.74, 6) is -0.0901. The molecule has 1 aliphatic heterocycles. The fourth-order valence-corrected chi connectivity index (χ4v) is 6.35. The van der Waals surface area contributed by atoms with Gasteiger partial charge in [0.25, 0.3) is 0 Å². The van der Waals surface area contributed by atoms with Gasteiger partial charge < -0.3 is 4.90 Å². The van der Waals surface area contributed by atoms with Gasteiger partial charge in [-0.25, -0.2) is 12.8 Å². The Morgan fingerprint density at radius 2 is 1.70 bits per heavy atom. The number of benzene rings is 2. The molecule has 1 saturated heterocycles. The lowest BCUT2D eigenvalue weighted by atomic mass is 10.1. The van der Waals surface area contributed by atoms with Gasteiger partial charge in [-0.05, 0) is 73.2 Å². The van der Waals surface area contributed by atoms with E-state index in [1.54, 1.807) is 16.7 Å². The fourth-order valence-electron chi connectivity index (χ4n) is 4.01. The largest absolute Gasteiger partial charge is 0.341 e. The third-order valence-corrected chi connectivity index (χ3v) is 8.58. The normalized spacial score (nSPS) is 17.6. The number of fused-ring (bicyclic) bond motifs is 1. The van der Waals surface area contributed by atoms with E-state index in [4.69, 9.17) is 0 Å². The van der Waals surface area contributed by atoms with Crippen LogP contribution < -0.4 is 0 Å². The molecule has 2 aromatic carbocycles. The third-order valence-electron chi connectivity index (χ3n) is 5.69. The summed E-state index contributed by atoms with van der Waals surface area (Å²) in [5, 5.41) is 0. The number of carbonyl (C=O) groups excluding carboxylic acids is 1. The number of thioether (sulfide) groups is 1. The Morgan fingerprint density at radius 1 is 0.933 bits per heavy atom. The van der Waals surface area contributed by atoms with Crippen LogP contribution in [-0.4, -0.2) is 55.5 Å². The van der Waals surface area contributed by atoms with Gasteiger partial charge in [-0.2, -0.15) is 4.31 Å². The van der Waals surface area contributed by atoms with Crippen molar-refractivity contribution in [1.82, 2.24) is 9.21 Å². The highest BCUT2D eigenvalue weighted by Crippen LogP contribution is 2.28. The van der Waals surface area contributed by atoms with Crippen LogP contribution in [0.1, 0.15) is 24.0 Å². The zero-order chi connectivity index (χ0) is 21.1. The summed E-state index contributed by atoms with van der Waals surface area (Å²) < 4.78 is 40.2. The summed E-state index contributed by atoms with van der Waals surface area (Å²) in [6, 6.07) is 11.3. The summed E-state index contributed by atoms with van der Waals surface area (Å²) in [5.41, 5.74) is 2.81. The maximum absolute atomic E-state index is 13.1. The average Bonchev–Trinajstić information content (AvgIpc) is 3.05. The third kappa shape index (κ3) is 4.71. The van der Waals surface area contributed by atoms with E-state index in [0.717, 1.165) is 29.9 Å². The van der Waals surface area contributed by atoms with Gasteiger partial charge in [0.1, 0.15) is 5.82 Å². The van der Waals surface area contributed by atoms with Gasteiger partial charge in [0, 0.05) is 31.1 Å². The Morgan fingerprint density at radius 3 is 2.50 bits per heavy atom. The van der Waals surface area contributed by atoms with Crippen LogP contribution in [0.5, 0.6) is 0 Å². The van der Waals surface area contributed by atoms with Crippen LogP contribution in [0.2, 0.25) is 0 Å². The molecule has 5 nitrogen and oxygen atoms in total. The van der Waals surface area contributed by atoms with Crippen LogP contribution in [0.15, 0.2) is 52.3 Å². The molecular weight excluding hydrogens is 423 g/mol. The summed E-state index contributed by atoms with van der Waals surface area (Å²) in [6.45, 7) is 1.50. The molecule has 1 heterocycles. The highest BCUT2D eigenvalue weighted by atomic mass is 32.2. The number of hydrogen-bond donors (Lipinski definition) is 0. The molecule has 0 bridgehead atoms. The Balaban J connectivity index is 1.34. The first-order valence-electron chi connectivity index (χ1n) is 10.2. The quantitative estimate of drug-likeness (QED) is 0.659. The molecule has 30 heavy (non-hydrogen) atoms. The van der Waals surface area contributed by atoms with Crippen LogP contribution in [0.3, 0.4) is 0 Å². The summed E-state index contributed by atoms with van der Waals surface area (Å²) >= 11 is 1.54. The predicted octanol–water partition coefficient (Wildman–Crippen LogP) is 3.33. The van der Waals surface area contributed by atoms with E-state index in [9.17, 15) is 17.6 Å². The maximum atomic E-state index is 13.1. The van der Waals surface area contributed by atoms with E-state index >= 15 is 0 Å². The maximum Gasteiger partial charge on any atom is 0.243 e. The lowest BCUT2D eigenvalue weighted by Crippen LogP contribution is -2.38. The van der Waals surface area contributed by atoms with Crippen LogP contribution in [0.25, 0.3) is 0 Å². The van der Waals surface area contributed by atoms with E-state index in [1.165, 1.54) is 34.0 Å². The number of sulfonamides is 1. The second kappa shape index (κ2) is 9.08. The Bertz CT molecular complexity index is 1030. The molecule has 0 saturated carbocycles. The molecular formula is C22H25FN2O3S2. The monoisotopic (exact) mass is 448 g/mol. The number of halogens is 1. The summed E-state index contributed by atoms with van der Waals surface area (Å²) in [7, 11) is -3.69. The van der Waals surface area contributed by atoms with Crippen LogP contribution >= 0.6 is 11.8 Å². The zero-order valence-corrected chi connectivity index (χ0v) is 18.4. The van der Waals surface area contributed by atoms with Crippen molar-refractivity contribution in [2.24, 2.45) is 0 Å². The first-order valence-corrected chi connectivity index (χ1v) is 12.6. The molecule has 8 heteroatoms. The minimum absolute atomic E-state index is 0.0292. The summed E-state index contributed by atoms with van der Waals surface area (Å²) in [6.07, 6.45) is 4.04. The molecule has 0 N–H and O–H groups in total. The molecule has 0 unspecified atom stereocenters. The van der Waals surface area contributed by atoms with Crippen LogP contribution in [-0.2, 0) is 27.7 Å². The number of rotatable bonds is 5. The van der Waals surface area contributed by atoms with Gasteiger partial charge in [0.05, 0.1) is 10.6 Å². The SMILES string of the molecule is O=C(CSc1ccc2c(c1)CCC2)N1CCCN(S(=O)(=O)c2ccc(F)cc2)CC1. The topological polar surface area (TPSA) is 57.7 Å². The van der Waals surface area contributed by atoms with E-state index in [0.29, 0.717) is 31.8 Å². The average molecular weight is 449 g/mol. The Hall–Kier alpha value is -1.90. The molecule has 4 rings (SSSR count). The number of hydrogen-bond acceptors (Lipinski definition) is 4. The van der Waals surface area contributed by atoms with Crippen LogP contribution in [0, 0.1) is 5.82 Å². The van der Waals surface area contributed by atoms with Gasteiger partial charge in [0.15, 0.2) is 0 Å². The minimum Gasteiger partial charge on any atom is -0.341 e. The number of amides is 1. The lowest BCUT2D eigenvalue weighted by Gasteiger charge is -2.22. The number of nitrogens with zero attached hydrogens (tertiary/aromatic N) is 2. The first-order chi connectivity index (χ1) is 14.4. The van der Waals surface area contributed by atoms with Crippen molar-refractivity contribution in [3.8, 4) is 0 Å². The van der Waals surface area contributed by atoms with Crippen molar-refractivity contribution in [2.75, 3.05) is 31.9 Å². The smallest absolute Gasteiger partial charge is 0.243 e. The van der Waals surface area contributed by atoms with Crippen molar-refractivity contribution in [3.05, 3.63) is 59.4 Å². The van der Waals surface area contributed by atoms with Gasteiger partial charge in [-0.1, -0.05) is 6.07 Å².